The number of anilines is 1. The van der Waals surface area contributed by atoms with Gasteiger partial charge in [0.15, 0.2) is 5.76 Å². The summed E-state index contributed by atoms with van der Waals surface area (Å²) in [4.78, 5) is 15.1. The fourth-order valence-corrected chi connectivity index (χ4v) is 6.18. The van der Waals surface area contributed by atoms with Gasteiger partial charge in [-0.15, -0.1) is 0 Å². The summed E-state index contributed by atoms with van der Waals surface area (Å²) in [5.74, 6) is 0.290. The molecule has 33 heavy (non-hydrogen) atoms. The van der Waals surface area contributed by atoms with E-state index in [2.05, 4.69) is 94.0 Å². The standard InChI is InChI=1S/C26H29Br2N3O2/c1-6-7-31-22-8-15(2)18(10-20(22)16(3)13-26(31,4)5)14-29-30-25(32)23-11-17-9-19(27)12-21(28)24(17)33-23/h8-12,14,16H,6-7,13H2,1-5H3,(H,30,32)/b29-14-. The van der Waals surface area contributed by atoms with E-state index in [1.807, 2.05) is 12.1 Å². The summed E-state index contributed by atoms with van der Waals surface area (Å²) in [6.45, 7) is 12.3. The van der Waals surface area contributed by atoms with Gasteiger partial charge in [-0.2, -0.15) is 5.10 Å². The quantitative estimate of drug-likeness (QED) is 0.253. The number of furan rings is 1. The Morgan fingerprint density at radius 1 is 1.27 bits per heavy atom. The van der Waals surface area contributed by atoms with Crippen LogP contribution in [0.15, 0.2) is 48.8 Å². The summed E-state index contributed by atoms with van der Waals surface area (Å²) in [6, 6.07) is 9.99. The van der Waals surface area contributed by atoms with Crippen LogP contribution in [0.4, 0.5) is 5.69 Å². The maximum absolute atomic E-state index is 12.6. The smallest absolute Gasteiger partial charge is 0.307 e. The van der Waals surface area contributed by atoms with Gasteiger partial charge in [0.05, 0.1) is 10.7 Å². The molecule has 1 aliphatic heterocycles. The first-order chi connectivity index (χ1) is 15.6. The first-order valence-corrected chi connectivity index (χ1v) is 12.8. The largest absolute Gasteiger partial charge is 0.450 e. The Labute approximate surface area is 211 Å². The van der Waals surface area contributed by atoms with Crippen molar-refractivity contribution in [2.45, 2.75) is 58.9 Å². The van der Waals surface area contributed by atoms with E-state index in [0.717, 1.165) is 44.8 Å². The monoisotopic (exact) mass is 573 g/mol. The Balaban J connectivity index is 1.56. The average molecular weight is 575 g/mol. The molecule has 1 N–H and O–H groups in total. The summed E-state index contributed by atoms with van der Waals surface area (Å²) in [5, 5.41) is 5.07. The van der Waals surface area contributed by atoms with Crippen LogP contribution in [-0.2, 0) is 0 Å². The number of amides is 1. The molecule has 2 aromatic carbocycles. The van der Waals surface area contributed by atoms with Crippen molar-refractivity contribution in [2.75, 3.05) is 11.4 Å². The minimum absolute atomic E-state index is 0.135. The second kappa shape index (κ2) is 9.26. The van der Waals surface area contributed by atoms with Gasteiger partial charge in [-0.05, 0) is 102 Å². The van der Waals surface area contributed by atoms with E-state index in [1.165, 1.54) is 11.3 Å². The predicted octanol–water partition coefficient (Wildman–Crippen LogP) is 7.53. The number of hydrogen-bond donors (Lipinski definition) is 1. The molecular formula is C26H29Br2N3O2. The van der Waals surface area contributed by atoms with Crippen molar-refractivity contribution in [2.24, 2.45) is 5.10 Å². The highest BCUT2D eigenvalue weighted by Gasteiger charge is 2.36. The Bertz CT molecular complexity index is 1250. The molecule has 1 unspecified atom stereocenters. The number of carbonyl (C=O) groups is 1. The van der Waals surface area contributed by atoms with Gasteiger partial charge in [0, 0.05) is 27.6 Å². The topological polar surface area (TPSA) is 57.8 Å². The summed E-state index contributed by atoms with van der Waals surface area (Å²) in [6.07, 6.45) is 3.94. The molecule has 0 bridgehead atoms. The number of rotatable bonds is 5. The molecule has 0 saturated carbocycles. The molecule has 5 nitrogen and oxygen atoms in total. The second-order valence-electron chi connectivity index (χ2n) is 9.45. The van der Waals surface area contributed by atoms with Crippen LogP contribution in [0.1, 0.15) is 73.7 Å². The Morgan fingerprint density at radius 2 is 2.03 bits per heavy atom. The number of hydrazone groups is 1. The Kier molecular flexibility index (Phi) is 6.74. The van der Waals surface area contributed by atoms with Crippen LogP contribution in [0.25, 0.3) is 11.0 Å². The minimum Gasteiger partial charge on any atom is -0.450 e. The molecule has 0 fully saturated rings. The number of carbonyl (C=O) groups excluding carboxylic acids is 1. The number of hydrogen-bond acceptors (Lipinski definition) is 4. The molecule has 1 amide bonds. The van der Waals surface area contributed by atoms with E-state index in [1.54, 1.807) is 12.3 Å². The van der Waals surface area contributed by atoms with Gasteiger partial charge in [-0.25, -0.2) is 5.43 Å². The Hall–Kier alpha value is -2.12. The number of nitrogens with zero attached hydrogens (tertiary/aromatic N) is 2. The second-order valence-corrected chi connectivity index (χ2v) is 11.2. The van der Waals surface area contributed by atoms with Crippen molar-refractivity contribution in [1.82, 2.24) is 5.43 Å². The van der Waals surface area contributed by atoms with E-state index in [0.29, 0.717) is 11.5 Å². The minimum atomic E-state index is -0.384. The molecule has 7 heteroatoms. The van der Waals surface area contributed by atoms with Gasteiger partial charge in [0.2, 0.25) is 0 Å². The zero-order valence-electron chi connectivity index (χ0n) is 19.6. The molecule has 1 aromatic heterocycles. The molecule has 3 aromatic rings. The summed E-state index contributed by atoms with van der Waals surface area (Å²) < 4.78 is 7.42. The first kappa shape index (κ1) is 24.0. The van der Waals surface area contributed by atoms with E-state index in [4.69, 9.17) is 4.42 Å². The van der Waals surface area contributed by atoms with E-state index >= 15 is 0 Å². The van der Waals surface area contributed by atoms with Gasteiger partial charge in [0.1, 0.15) is 5.58 Å². The number of halogens is 2. The molecule has 1 aliphatic rings. The van der Waals surface area contributed by atoms with Gasteiger partial charge in [-0.1, -0.05) is 29.8 Å². The van der Waals surface area contributed by atoms with Crippen molar-refractivity contribution >= 4 is 60.6 Å². The zero-order chi connectivity index (χ0) is 23.9. The molecule has 1 atom stereocenters. The fourth-order valence-electron chi connectivity index (χ4n) is 4.84. The van der Waals surface area contributed by atoms with Crippen molar-refractivity contribution in [3.63, 3.8) is 0 Å². The van der Waals surface area contributed by atoms with Gasteiger partial charge < -0.3 is 9.32 Å². The number of aryl methyl sites for hydroxylation is 1. The lowest BCUT2D eigenvalue weighted by molar-refractivity contribution is 0.0929. The van der Waals surface area contributed by atoms with Crippen LogP contribution < -0.4 is 10.3 Å². The average Bonchev–Trinajstić information content (AvgIpc) is 3.16. The highest BCUT2D eigenvalue weighted by molar-refractivity contribution is 9.11. The van der Waals surface area contributed by atoms with Crippen molar-refractivity contribution < 1.29 is 9.21 Å². The van der Waals surface area contributed by atoms with E-state index in [9.17, 15) is 4.79 Å². The third-order valence-electron chi connectivity index (χ3n) is 6.35. The number of benzene rings is 2. The third kappa shape index (κ3) is 4.76. The zero-order valence-corrected chi connectivity index (χ0v) is 22.8. The van der Waals surface area contributed by atoms with E-state index in [-0.39, 0.29) is 17.2 Å². The third-order valence-corrected chi connectivity index (χ3v) is 7.40. The molecule has 0 saturated heterocycles. The molecular weight excluding hydrogens is 546 g/mol. The van der Waals surface area contributed by atoms with Gasteiger partial charge in [0.25, 0.3) is 0 Å². The normalized spacial score (nSPS) is 17.5. The first-order valence-electron chi connectivity index (χ1n) is 11.2. The van der Waals surface area contributed by atoms with Crippen LogP contribution in [0, 0.1) is 6.92 Å². The maximum atomic E-state index is 12.6. The van der Waals surface area contributed by atoms with Crippen LogP contribution in [-0.4, -0.2) is 24.2 Å². The summed E-state index contributed by atoms with van der Waals surface area (Å²) >= 11 is 6.92. The summed E-state index contributed by atoms with van der Waals surface area (Å²) in [5.41, 5.74) is 8.17. The lowest BCUT2D eigenvalue weighted by Gasteiger charge is -2.48. The van der Waals surface area contributed by atoms with Crippen LogP contribution >= 0.6 is 31.9 Å². The highest BCUT2D eigenvalue weighted by atomic mass is 79.9. The predicted molar refractivity (Wildman–Crippen MR) is 143 cm³/mol. The lowest BCUT2D eigenvalue weighted by Crippen LogP contribution is -2.48. The maximum Gasteiger partial charge on any atom is 0.307 e. The highest BCUT2D eigenvalue weighted by Crippen LogP contribution is 2.44. The fraction of sp³-hybridized carbons (Fsp3) is 0.385. The molecule has 4 rings (SSSR count). The van der Waals surface area contributed by atoms with Crippen molar-refractivity contribution in [3.8, 4) is 0 Å². The number of nitrogens with one attached hydrogen (secondary N) is 1. The van der Waals surface area contributed by atoms with Crippen molar-refractivity contribution in [3.05, 3.63) is 61.7 Å². The van der Waals surface area contributed by atoms with Crippen LogP contribution in [0.5, 0.6) is 0 Å². The van der Waals surface area contributed by atoms with Crippen LogP contribution in [0.3, 0.4) is 0 Å². The molecule has 0 aliphatic carbocycles. The molecule has 0 radical (unpaired) electrons. The molecule has 174 valence electrons. The SMILES string of the molecule is CCCN1c2cc(C)c(/C=N\NC(=O)c3cc4cc(Br)cc(Br)c4o3)cc2C(C)CC1(C)C. The summed E-state index contributed by atoms with van der Waals surface area (Å²) in [7, 11) is 0. The van der Waals surface area contributed by atoms with Gasteiger partial charge in [-0.3, -0.25) is 4.79 Å². The van der Waals surface area contributed by atoms with Crippen molar-refractivity contribution in [1.29, 1.82) is 0 Å². The number of fused-ring (bicyclic) bond motifs is 2. The van der Waals surface area contributed by atoms with E-state index < -0.39 is 0 Å². The van der Waals surface area contributed by atoms with Gasteiger partial charge >= 0.3 is 5.91 Å². The molecule has 0 spiro atoms. The molecule has 2 heterocycles. The Morgan fingerprint density at radius 3 is 2.76 bits per heavy atom. The lowest BCUT2D eigenvalue weighted by atomic mass is 9.79. The van der Waals surface area contributed by atoms with Crippen LogP contribution in [0.2, 0.25) is 0 Å².